The van der Waals surface area contributed by atoms with Crippen LogP contribution in [0.2, 0.25) is 0 Å². The average Bonchev–Trinajstić information content (AvgIpc) is 2.30. The average molecular weight is 190 g/mol. The Morgan fingerprint density at radius 1 is 1.67 bits per heavy atom. The van der Waals surface area contributed by atoms with E-state index < -0.39 is 0 Å². The maximum atomic E-state index is 7.21. The molecule has 0 aliphatic heterocycles. The number of nitrogens with two attached hydrogens (primary N) is 1. The van der Waals surface area contributed by atoms with E-state index in [1.54, 1.807) is 6.92 Å². The summed E-state index contributed by atoms with van der Waals surface area (Å²) in [7, 11) is 0. The number of nitrogens with one attached hydrogen (secondary N) is 1. The Morgan fingerprint density at radius 2 is 2.25 bits per heavy atom. The highest BCUT2D eigenvalue weighted by Gasteiger charge is 2.12. The number of rotatable bonds is 2. The van der Waals surface area contributed by atoms with Crippen molar-refractivity contribution in [2.24, 2.45) is 5.73 Å². The third-order valence-electron chi connectivity index (χ3n) is 1.54. The molecule has 0 amide bonds. The lowest BCUT2D eigenvalue weighted by atomic mass is 10.1. The highest BCUT2D eigenvalue weighted by atomic mass is 35.5. The van der Waals surface area contributed by atoms with Crippen molar-refractivity contribution in [3.8, 4) is 0 Å². The fourth-order valence-electron chi connectivity index (χ4n) is 1.00. The maximum Gasteiger partial charge on any atom is 0.144 e. The second kappa shape index (κ2) is 4.11. The van der Waals surface area contributed by atoms with E-state index in [0.29, 0.717) is 11.3 Å². The molecule has 0 spiro atoms. The van der Waals surface area contributed by atoms with Gasteiger partial charge in [0.05, 0.1) is 11.3 Å². The normalized spacial score (nSPS) is 9.17. The Morgan fingerprint density at radius 3 is 2.58 bits per heavy atom. The van der Waals surface area contributed by atoms with Gasteiger partial charge in [0.1, 0.15) is 11.6 Å². The Kier molecular flexibility index (Phi) is 3.76. The highest BCUT2D eigenvalue weighted by molar-refractivity contribution is 5.96. The summed E-state index contributed by atoms with van der Waals surface area (Å²) in [5.74, 6) is 0.648. The Balaban J connectivity index is 0.00000121. The van der Waals surface area contributed by atoms with Crippen molar-refractivity contribution < 1.29 is 4.52 Å². The molecule has 0 radical (unpaired) electrons. The molecule has 0 aliphatic carbocycles. The molecule has 0 fully saturated rings. The van der Waals surface area contributed by atoms with Gasteiger partial charge in [-0.3, -0.25) is 5.41 Å². The van der Waals surface area contributed by atoms with Gasteiger partial charge in [-0.2, -0.15) is 0 Å². The first-order valence-electron chi connectivity index (χ1n) is 3.46. The molecule has 4 nitrogen and oxygen atoms in total. The summed E-state index contributed by atoms with van der Waals surface area (Å²) in [6.45, 7) is 3.70. The standard InChI is InChI=1S/C7H11N3O.ClH/c1-3-5-6(7(8)9)4(2)11-10-5;/h3H2,1-2H3,(H3,8,9);1H. The predicted octanol–water partition coefficient (Wildman–Crippen LogP) is 1.25. The first-order chi connectivity index (χ1) is 5.16. The largest absolute Gasteiger partial charge is 0.384 e. The van der Waals surface area contributed by atoms with Crippen LogP contribution < -0.4 is 5.73 Å². The van der Waals surface area contributed by atoms with Crippen LogP contribution >= 0.6 is 12.4 Å². The number of aryl methyl sites for hydroxylation is 2. The van der Waals surface area contributed by atoms with E-state index in [2.05, 4.69) is 5.16 Å². The third-order valence-corrected chi connectivity index (χ3v) is 1.54. The van der Waals surface area contributed by atoms with Crippen molar-refractivity contribution in [3.63, 3.8) is 0 Å². The molecular weight excluding hydrogens is 178 g/mol. The summed E-state index contributed by atoms with van der Waals surface area (Å²) in [4.78, 5) is 0. The molecule has 1 aromatic rings. The Hall–Kier alpha value is -1.03. The van der Waals surface area contributed by atoms with Gasteiger partial charge in [0.2, 0.25) is 0 Å². The first kappa shape index (κ1) is 11.0. The van der Waals surface area contributed by atoms with E-state index in [4.69, 9.17) is 15.7 Å². The van der Waals surface area contributed by atoms with Crippen LogP contribution in [0, 0.1) is 12.3 Å². The number of hydrogen-bond acceptors (Lipinski definition) is 3. The van der Waals surface area contributed by atoms with Crippen molar-refractivity contribution in [3.05, 3.63) is 17.0 Å². The summed E-state index contributed by atoms with van der Waals surface area (Å²) < 4.78 is 4.88. The van der Waals surface area contributed by atoms with Crippen LogP contribution in [-0.4, -0.2) is 11.0 Å². The van der Waals surface area contributed by atoms with Crippen LogP contribution in [0.1, 0.15) is 23.9 Å². The number of amidine groups is 1. The van der Waals surface area contributed by atoms with E-state index >= 15 is 0 Å². The summed E-state index contributed by atoms with van der Waals surface area (Å²) in [5.41, 5.74) is 6.72. The highest BCUT2D eigenvalue weighted by Crippen LogP contribution is 2.12. The quantitative estimate of drug-likeness (QED) is 0.543. The van der Waals surface area contributed by atoms with Gasteiger partial charge < -0.3 is 10.3 Å². The van der Waals surface area contributed by atoms with Crippen LogP contribution in [0.3, 0.4) is 0 Å². The number of hydrogen-bond donors (Lipinski definition) is 2. The van der Waals surface area contributed by atoms with E-state index in [-0.39, 0.29) is 18.2 Å². The van der Waals surface area contributed by atoms with Crippen molar-refractivity contribution in [2.75, 3.05) is 0 Å². The van der Waals surface area contributed by atoms with Gasteiger partial charge in [-0.25, -0.2) is 0 Å². The molecule has 3 N–H and O–H groups in total. The van der Waals surface area contributed by atoms with Gasteiger partial charge in [-0.1, -0.05) is 12.1 Å². The van der Waals surface area contributed by atoms with E-state index in [1.807, 2.05) is 6.92 Å². The summed E-state index contributed by atoms with van der Waals surface area (Å²) in [6, 6.07) is 0. The molecule has 1 aromatic heterocycles. The molecule has 0 saturated carbocycles. The molecule has 1 rings (SSSR count). The fraction of sp³-hybridized carbons (Fsp3) is 0.429. The molecule has 1 heterocycles. The Labute approximate surface area is 77.0 Å². The minimum absolute atomic E-state index is 0. The van der Waals surface area contributed by atoms with Crippen LogP contribution in [0.5, 0.6) is 0 Å². The SMILES string of the molecule is CCc1noc(C)c1C(=N)N.Cl. The van der Waals surface area contributed by atoms with Gasteiger partial charge in [-0.05, 0) is 13.3 Å². The van der Waals surface area contributed by atoms with Gasteiger partial charge in [0, 0.05) is 0 Å². The van der Waals surface area contributed by atoms with Gasteiger partial charge in [-0.15, -0.1) is 12.4 Å². The third kappa shape index (κ3) is 1.76. The summed E-state index contributed by atoms with van der Waals surface area (Å²) in [5, 5.41) is 11.0. The van der Waals surface area contributed by atoms with Gasteiger partial charge in [0.25, 0.3) is 0 Å². The lowest BCUT2D eigenvalue weighted by Gasteiger charge is -1.94. The molecule has 5 heteroatoms. The number of halogens is 1. The van der Waals surface area contributed by atoms with Crippen molar-refractivity contribution in [2.45, 2.75) is 20.3 Å². The number of nitrogen functional groups attached to an aromatic ring is 1. The summed E-state index contributed by atoms with van der Waals surface area (Å²) >= 11 is 0. The number of nitrogens with zero attached hydrogens (tertiary/aromatic N) is 1. The molecule has 0 atom stereocenters. The van der Waals surface area contributed by atoms with Crippen LogP contribution in [0.25, 0.3) is 0 Å². The van der Waals surface area contributed by atoms with Gasteiger partial charge in [0.15, 0.2) is 0 Å². The second-order valence-electron chi connectivity index (χ2n) is 2.33. The number of aromatic nitrogens is 1. The molecule has 0 aliphatic rings. The summed E-state index contributed by atoms with van der Waals surface area (Å²) in [6.07, 6.45) is 0.742. The molecule has 0 aromatic carbocycles. The fourth-order valence-corrected chi connectivity index (χ4v) is 1.00. The van der Waals surface area contributed by atoms with Crippen molar-refractivity contribution in [1.82, 2.24) is 5.16 Å². The smallest absolute Gasteiger partial charge is 0.144 e. The molecule has 68 valence electrons. The molecule has 0 bridgehead atoms. The predicted molar refractivity (Wildman–Crippen MR) is 48.9 cm³/mol. The minimum Gasteiger partial charge on any atom is -0.384 e. The van der Waals surface area contributed by atoms with Crippen LogP contribution in [0.4, 0.5) is 0 Å². The van der Waals surface area contributed by atoms with Crippen molar-refractivity contribution in [1.29, 1.82) is 5.41 Å². The lowest BCUT2D eigenvalue weighted by Crippen LogP contribution is -2.13. The van der Waals surface area contributed by atoms with E-state index in [9.17, 15) is 0 Å². The van der Waals surface area contributed by atoms with E-state index in [1.165, 1.54) is 0 Å². The zero-order valence-corrected chi connectivity index (χ0v) is 7.86. The van der Waals surface area contributed by atoms with Crippen LogP contribution in [0.15, 0.2) is 4.52 Å². The molecular formula is C7H12ClN3O. The van der Waals surface area contributed by atoms with Crippen LogP contribution in [-0.2, 0) is 6.42 Å². The zero-order chi connectivity index (χ0) is 8.43. The monoisotopic (exact) mass is 189 g/mol. The maximum absolute atomic E-state index is 7.21. The Bertz CT molecular complexity index is 282. The van der Waals surface area contributed by atoms with Crippen molar-refractivity contribution >= 4 is 18.2 Å². The molecule has 0 unspecified atom stereocenters. The topological polar surface area (TPSA) is 75.9 Å². The van der Waals surface area contributed by atoms with E-state index in [0.717, 1.165) is 12.1 Å². The minimum atomic E-state index is 0. The lowest BCUT2D eigenvalue weighted by molar-refractivity contribution is 0.391. The van der Waals surface area contributed by atoms with Gasteiger partial charge >= 0.3 is 0 Å². The second-order valence-corrected chi connectivity index (χ2v) is 2.33. The first-order valence-corrected chi connectivity index (χ1v) is 3.46. The molecule has 12 heavy (non-hydrogen) atoms. The molecule has 0 saturated heterocycles. The zero-order valence-electron chi connectivity index (χ0n) is 7.05.